The fourth-order valence-corrected chi connectivity index (χ4v) is 1.78. The lowest BCUT2D eigenvalue weighted by molar-refractivity contribution is -0.539. The van der Waals surface area contributed by atoms with E-state index in [1.54, 1.807) is 12.1 Å². The summed E-state index contributed by atoms with van der Waals surface area (Å²) < 4.78 is 9.98. The number of hydrogen-bond acceptors (Lipinski definition) is 5. The first-order chi connectivity index (χ1) is 7.18. The number of hydrogen-bond donors (Lipinski definition) is 1. The first-order valence-corrected chi connectivity index (χ1v) is 4.65. The fourth-order valence-electron chi connectivity index (χ4n) is 1.78. The summed E-state index contributed by atoms with van der Waals surface area (Å²) in [5.74, 6) is 0.109. The van der Waals surface area contributed by atoms with Crippen LogP contribution in [0, 0.1) is 10.1 Å². The number of nitrogens with zero attached hydrogens (tertiary/aromatic N) is 1. The average Bonchev–Trinajstić information content (AvgIpc) is 2.69. The Bertz CT molecular complexity index is 336. The third-order valence-electron chi connectivity index (χ3n) is 2.56. The van der Waals surface area contributed by atoms with Gasteiger partial charge in [0.05, 0.1) is 12.2 Å². The highest BCUT2D eigenvalue weighted by Gasteiger charge is 2.40. The van der Waals surface area contributed by atoms with Gasteiger partial charge in [-0.05, 0) is 12.1 Å². The molecule has 0 aromatic carbocycles. The van der Waals surface area contributed by atoms with E-state index in [1.165, 1.54) is 6.26 Å². The standard InChI is InChI=1S/C9H11NO5/c11-9-4-6(8-2-1-3-14-8)7(5-15-9)10(12)13/h1-3,6-7,9,11H,4-5H2/t6-,7-,9?/m0/s1. The minimum absolute atomic E-state index is 0.0838. The van der Waals surface area contributed by atoms with Gasteiger partial charge in [-0.1, -0.05) is 0 Å². The van der Waals surface area contributed by atoms with Gasteiger partial charge in [0, 0.05) is 11.3 Å². The number of aliphatic hydroxyl groups is 1. The van der Waals surface area contributed by atoms with E-state index < -0.39 is 18.2 Å². The molecule has 0 aliphatic carbocycles. The van der Waals surface area contributed by atoms with Crippen molar-refractivity contribution in [2.45, 2.75) is 24.7 Å². The van der Waals surface area contributed by atoms with Crippen LogP contribution in [0.5, 0.6) is 0 Å². The highest BCUT2D eigenvalue weighted by molar-refractivity contribution is 5.08. The van der Waals surface area contributed by atoms with Gasteiger partial charge < -0.3 is 14.3 Å². The molecule has 1 saturated heterocycles. The molecule has 1 N–H and O–H groups in total. The van der Waals surface area contributed by atoms with Crippen molar-refractivity contribution in [3.05, 3.63) is 34.3 Å². The van der Waals surface area contributed by atoms with Gasteiger partial charge >= 0.3 is 0 Å². The van der Waals surface area contributed by atoms with E-state index in [4.69, 9.17) is 9.15 Å². The number of aliphatic hydroxyl groups excluding tert-OH is 1. The molecule has 0 radical (unpaired) electrons. The van der Waals surface area contributed by atoms with Crippen LogP contribution in [-0.2, 0) is 4.74 Å². The molecule has 6 nitrogen and oxygen atoms in total. The third kappa shape index (κ3) is 2.00. The number of nitro groups is 1. The van der Waals surface area contributed by atoms with Crippen LogP contribution in [-0.4, -0.2) is 29.0 Å². The Labute approximate surface area is 85.6 Å². The molecule has 1 unspecified atom stereocenters. The maximum Gasteiger partial charge on any atom is 0.246 e. The molecule has 82 valence electrons. The molecule has 1 aliphatic rings. The highest BCUT2D eigenvalue weighted by atomic mass is 16.6. The van der Waals surface area contributed by atoms with E-state index in [9.17, 15) is 15.2 Å². The molecule has 3 atom stereocenters. The van der Waals surface area contributed by atoms with Gasteiger partial charge in [-0.3, -0.25) is 10.1 Å². The van der Waals surface area contributed by atoms with Crippen LogP contribution in [0.1, 0.15) is 18.1 Å². The van der Waals surface area contributed by atoms with Crippen molar-refractivity contribution in [1.82, 2.24) is 0 Å². The number of furan rings is 1. The maximum absolute atomic E-state index is 10.8. The lowest BCUT2D eigenvalue weighted by Crippen LogP contribution is -2.40. The quantitative estimate of drug-likeness (QED) is 0.578. The normalized spacial score (nSPS) is 31.4. The Morgan fingerprint density at radius 1 is 1.60 bits per heavy atom. The predicted molar refractivity (Wildman–Crippen MR) is 48.8 cm³/mol. The SMILES string of the molecule is O=[N+]([O-])[C@H]1COC(O)C[C@@H]1c1ccco1. The van der Waals surface area contributed by atoms with Crippen LogP contribution in [0.15, 0.2) is 22.8 Å². The summed E-state index contributed by atoms with van der Waals surface area (Å²) in [6.45, 7) is -0.0838. The molecule has 0 bridgehead atoms. The van der Waals surface area contributed by atoms with Gasteiger partial charge in [-0.25, -0.2) is 0 Å². The summed E-state index contributed by atoms with van der Waals surface area (Å²) in [7, 11) is 0. The Morgan fingerprint density at radius 3 is 3.00 bits per heavy atom. The Balaban J connectivity index is 2.20. The Kier molecular flexibility index (Phi) is 2.70. The van der Waals surface area contributed by atoms with E-state index in [2.05, 4.69) is 0 Å². The zero-order valence-electron chi connectivity index (χ0n) is 7.91. The monoisotopic (exact) mass is 213 g/mol. The second kappa shape index (κ2) is 4.00. The smallest absolute Gasteiger partial charge is 0.246 e. The molecule has 15 heavy (non-hydrogen) atoms. The summed E-state index contributed by atoms with van der Waals surface area (Å²) in [5, 5.41) is 20.1. The molecule has 1 aliphatic heterocycles. The molecule has 6 heteroatoms. The van der Waals surface area contributed by atoms with Gasteiger partial charge in [0.25, 0.3) is 0 Å². The molecule has 1 aromatic heterocycles. The second-order valence-corrected chi connectivity index (χ2v) is 3.50. The zero-order valence-corrected chi connectivity index (χ0v) is 7.91. The summed E-state index contributed by atoms with van der Waals surface area (Å²) in [6.07, 6.45) is 0.712. The van der Waals surface area contributed by atoms with Gasteiger partial charge in [0.15, 0.2) is 6.29 Å². The van der Waals surface area contributed by atoms with Crippen molar-refractivity contribution in [2.24, 2.45) is 0 Å². The minimum Gasteiger partial charge on any atom is -0.469 e. The molecule has 0 amide bonds. The molecule has 2 rings (SSSR count). The second-order valence-electron chi connectivity index (χ2n) is 3.50. The lowest BCUT2D eigenvalue weighted by atomic mass is 9.92. The van der Waals surface area contributed by atoms with Crippen molar-refractivity contribution in [3.63, 3.8) is 0 Å². The minimum atomic E-state index is -0.948. The van der Waals surface area contributed by atoms with Crippen LogP contribution >= 0.6 is 0 Å². The Hall–Kier alpha value is -1.40. The van der Waals surface area contributed by atoms with E-state index in [-0.39, 0.29) is 18.0 Å². The topological polar surface area (TPSA) is 85.7 Å². The van der Waals surface area contributed by atoms with Crippen LogP contribution in [0.4, 0.5) is 0 Å². The van der Waals surface area contributed by atoms with E-state index in [1.807, 2.05) is 0 Å². The summed E-state index contributed by atoms with van der Waals surface area (Å²) in [4.78, 5) is 10.4. The Morgan fingerprint density at radius 2 is 2.40 bits per heavy atom. The highest BCUT2D eigenvalue weighted by Crippen LogP contribution is 2.31. The number of rotatable bonds is 2. The van der Waals surface area contributed by atoms with Gasteiger partial charge in [-0.2, -0.15) is 0 Å². The van der Waals surface area contributed by atoms with E-state index >= 15 is 0 Å². The van der Waals surface area contributed by atoms with Crippen LogP contribution in [0.2, 0.25) is 0 Å². The number of ether oxygens (including phenoxy) is 1. The third-order valence-corrected chi connectivity index (χ3v) is 2.56. The van der Waals surface area contributed by atoms with Crippen LogP contribution in [0.25, 0.3) is 0 Å². The molecular formula is C9H11NO5. The molecule has 0 saturated carbocycles. The fraction of sp³-hybridized carbons (Fsp3) is 0.556. The molecule has 0 spiro atoms. The molecular weight excluding hydrogens is 202 g/mol. The van der Waals surface area contributed by atoms with E-state index in [0.29, 0.717) is 5.76 Å². The molecule has 2 heterocycles. The first-order valence-electron chi connectivity index (χ1n) is 4.65. The van der Waals surface area contributed by atoms with Crippen molar-refractivity contribution >= 4 is 0 Å². The largest absolute Gasteiger partial charge is 0.469 e. The van der Waals surface area contributed by atoms with Gasteiger partial charge in [0.1, 0.15) is 12.4 Å². The zero-order chi connectivity index (χ0) is 10.8. The summed E-state index contributed by atoms with van der Waals surface area (Å²) >= 11 is 0. The predicted octanol–water partition coefficient (Wildman–Crippen LogP) is 0.747. The molecule has 1 aromatic rings. The van der Waals surface area contributed by atoms with Crippen molar-refractivity contribution < 1.29 is 19.2 Å². The lowest BCUT2D eigenvalue weighted by Gasteiger charge is -2.27. The van der Waals surface area contributed by atoms with Crippen molar-refractivity contribution in [1.29, 1.82) is 0 Å². The summed E-state index contributed by atoms with van der Waals surface area (Å²) in [6, 6.07) is 2.51. The maximum atomic E-state index is 10.8. The van der Waals surface area contributed by atoms with Crippen LogP contribution < -0.4 is 0 Å². The van der Waals surface area contributed by atoms with Crippen LogP contribution in [0.3, 0.4) is 0 Å². The van der Waals surface area contributed by atoms with Crippen molar-refractivity contribution in [3.8, 4) is 0 Å². The van der Waals surface area contributed by atoms with Gasteiger partial charge in [0.2, 0.25) is 6.04 Å². The van der Waals surface area contributed by atoms with Crippen molar-refractivity contribution in [2.75, 3.05) is 6.61 Å². The first kappa shape index (κ1) is 10.1. The average molecular weight is 213 g/mol. The van der Waals surface area contributed by atoms with E-state index in [0.717, 1.165) is 0 Å². The van der Waals surface area contributed by atoms with Gasteiger partial charge in [-0.15, -0.1) is 0 Å². The molecule has 1 fully saturated rings. The summed E-state index contributed by atoms with van der Waals surface area (Å²) in [5.41, 5.74) is 0.